The van der Waals surface area contributed by atoms with Gasteiger partial charge >= 0.3 is 11.9 Å². The monoisotopic (exact) mass is 1090 g/mol. The number of carbonyl (C=O) groups is 2. The zero-order valence-electron chi connectivity index (χ0n) is 48.0. The van der Waals surface area contributed by atoms with Crippen LogP contribution >= 0.6 is 0 Å². The van der Waals surface area contributed by atoms with Crippen molar-refractivity contribution in [3.8, 4) is 0 Å². The molecule has 0 aromatic carbocycles. The van der Waals surface area contributed by atoms with Gasteiger partial charge in [-0.3, -0.25) is 9.59 Å². The third kappa shape index (κ3) is 34.4. The molecule has 76 heavy (non-hydrogen) atoms. The van der Waals surface area contributed by atoms with Gasteiger partial charge in [0, 0.05) is 12.8 Å². The Morgan fingerprint density at radius 1 is 0.408 bits per heavy atom. The molecule has 2 heterocycles. The van der Waals surface area contributed by atoms with E-state index in [-0.39, 0.29) is 26.1 Å². The second-order valence-corrected chi connectivity index (χ2v) is 22.2. The minimum atomic E-state index is -1.76. The zero-order valence-corrected chi connectivity index (χ0v) is 48.0. The first-order valence-corrected chi connectivity index (χ1v) is 31.3. The average Bonchev–Trinajstić information content (AvgIpc) is 3.41. The van der Waals surface area contributed by atoms with Crippen molar-refractivity contribution in [2.24, 2.45) is 0 Å². The van der Waals surface area contributed by atoms with Gasteiger partial charge in [-0.15, -0.1) is 0 Å². The van der Waals surface area contributed by atoms with Crippen molar-refractivity contribution < 1.29 is 73.8 Å². The SMILES string of the molecule is CCCCCCCC/C=C/CCCCCCCCCC(=O)O[C@@H](COC(=O)CCCCCCCCCCCCCCCCCCCCCCCCC)CO[C@@H]1O[C@H](CO[C@@H]2O[C@H](CO)[C@H](O)C(O)C2O)[C@H](O)C(O)C1O. The maximum atomic E-state index is 13.1. The number of allylic oxidation sites excluding steroid dienone is 2. The molecule has 0 spiro atoms. The summed E-state index contributed by atoms with van der Waals surface area (Å²) in [6.07, 6.45) is 35.2. The van der Waals surface area contributed by atoms with E-state index in [0.717, 1.165) is 51.4 Å². The molecular formula is C61H114O15. The molecule has 11 atom stereocenters. The van der Waals surface area contributed by atoms with E-state index in [1.165, 1.54) is 180 Å². The Morgan fingerprint density at radius 3 is 1.16 bits per heavy atom. The van der Waals surface area contributed by atoms with E-state index in [9.17, 15) is 45.3 Å². The Balaban J connectivity index is 1.70. The summed E-state index contributed by atoms with van der Waals surface area (Å²) in [6.45, 7) is 2.65. The van der Waals surface area contributed by atoms with E-state index in [1.54, 1.807) is 0 Å². The summed E-state index contributed by atoms with van der Waals surface area (Å²) in [6, 6.07) is 0. The lowest BCUT2D eigenvalue weighted by Gasteiger charge is -2.42. The van der Waals surface area contributed by atoms with Gasteiger partial charge in [0.05, 0.1) is 19.8 Å². The third-order valence-electron chi connectivity index (χ3n) is 15.2. The predicted molar refractivity (Wildman–Crippen MR) is 298 cm³/mol. The van der Waals surface area contributed by atoms with Gasteiger partial charge in [0.1, 0.15) is 55.4 Å². The van der Waals surface area contributed by atoms with Gasteiger partial charge < -0.3 is 64.2 Å². The third-order valence-corrected chi connectivity index (χ3v) is 15.2. The molecule has 15 heteroatoms. The van der Waals surface area contributed by atoms with Gasteiger partial charge in [-0.05, 0) is 38.5 Å². The van der Waals surface area contributed by atoms with E-state index >= 15 is 0 Å². The van der Waals surface area contributed by atoms with E-state index in [1.807, 2.05) is 0 Å². The van der Waals surface area contributed by atoms with Crippen LogP contribution in [0.25, 0.3) is 0 Å². The molecule has 2 fully saturated rings. The van der Waals surface area contributed by atoms with Gasteiger partial charge in [0.25, 0.3) is 0 Å². The number of rotatable bonds is 51. The Hall–Kier alpha value is -1.76. The van der Waals surface area contributed by atoms with Crippen LogP contribution in [0.4, 0.5) is 0 Å². The number of carbonyl (C=O) groups excluding carboxylic acids is 2. The van der Waals surface area contributed by atoms with E-state index in [2.05, 4.69) is 26.0 Å². The molecule has 2 aliphatic rings. The summed E-state index contributed by atoms with van der Waals surface area (Å²) in [5, 5.41) is 72.4. The normalized spacial score (nSPS) is 24.3. The zero-order chi connectivity index (χ0) is 55.3. The minimum Gasteiger partial charge on any atom is -0.462 e. The average molecular weight is 1090 g/mol. The van der Waals surface area contributed by atoms with Crippen molar-refractivity contribution in [1.82, 2.24) is 0 Å². The minimum absolute atomic E-state index is 0.165. The number of aliphatic hydroxyl groups excluding tert-OH is 7. The Bertz CT molecular complexity index is 1370. The van der Waals surface area contributed by atoms with Crippen LogP contribution in [0, 0.1) is 0 Å². The van der Waals surface area contributed by atoms with Crippen molar-refractivity contribution >= 4 is 11.9 Å². The highest BCUT2D eigenvalue weighted by Crippen LogP contribution is 2.27. The quantitative estimate of drug-likeness (QED) is 0.0171. The molecule has 2 aliphatic heterocycles. The lowest BCUT2D eigenvalue weighted by Crippen LogP contribution is -2.61. The molecule has 0 radical (unpaired) electrons. The van der Waals surface area contributed by atoms with Gasteiger partial charge in [0.2, 0.25) is 0 Å². The number of hydrogen-bond donors (Lipinski definition) is 7. The van der Waals surface area contributed by atoms with Crippen LogP contribution in [0.5, 0.6) is 0 Å². The Labute approximate surface area is 460 Å². The first kappa shape index (κ1) is 70.3. The highest BCUT2D eigenvalue weighted by Gasteiger charge is 2.47. The maximum Gasteiger partial charge on any atom is 0.306 e. The van der Waals surface area contributed by atoms with Gasteiger partial charge in [-0.2, -0.15) is 0 Å². The van der Waals surface area contributed by atoms with Crippen LogP contribution in [0.3, 0.4) is 0 Å². The molecule has 0 bridgehead atoms. The molecule has 0 aromatic rings. The molecule has 0 saturated carbocycles. The van der Waals surface area contributed by atoms with Crippen molar-refractivity contribution in [3.05, 3.63) is 12.2 Å². The maximum absolute atomic E-state index is 13.1. The Kier molecular flexibility index (Phi) is 44.4. The molecule has 0 amide bonds. The molecule has 2 saturated heterocycles. The highest BCUT2D eigenvalue weighted by molar-refractivity contribution is 5.70. The first-order valence-electron chi connectivity index (χ1n) is 31.3. The second-order valence-electron chi connectivity index (χ2n) is 22.2. The molecular weight excluding hydrogens is 973 g/mol. The highest BCUT2D eigenvalue weighted by atomic mass is 16.7. The van der Waals surface area contributed by atoms with Crippen molar-refractivity contribution in [2.75, 3.05) is 26.4 Å². The number of aliphatic hydroxyl groups is 7. The number of hydrogen-bond acceptors (Lipinski definition) is 15. The summed E-state index contributed by atoms with van der Waals surface area (Å²) >= 11 is 0. The fourth-order valence-corrected chi connectivity index (χ4v) is 10.2. The lowest BCUT2D eigenvalue weighted by atomic mass is 9.98. The summed E-state index contributed by atoms with van der Waals surface area (Å²) < 4.78 is 33.8. The molecule has 0 aromatic heterocycles. The van der Waals surface area contributed by atoms with Crippen molar-refractivity contribution in [2.45, 2.75) is 338 Å². The predicted octanol–water partition coefficient (Wildman–Crippen LogP) is 11.3. The van der Waals surface area contributed by atoms with Gasteiger partial charge in [0.15, 0.2) is 18.7 Å². The van der Waals surface area contributed by atoms with E-state index in [0.29, 0.717) is 12.8 Å². The van der Waals surface area contributed by atoms with Gasteiger partial charge in [-0.1, -0.05) is 231 Å². The summed E-state index contributed by atoms with van der Waals surface area (Å²) in [7, 11) is 0. The van der Waals surface area contributed by atoms with Crippen LogP contribution in [0.2, 0.25) is 0 Å². The molecule has 0 aliphatic carbocycles. The van der Waals surface area contributed by atoms with Crippen molar-refractivity contribution in [1.29, 1.82) is 0 Å². The molecule has 15 nitrogen and oxygen atoms in total. The topological polar surface area (TPSA) is 231 Å². The second kappa shape index (κ2) is 48.0. The summed E-state index contributed by atoms with van der Waals surface area (Å²) in [5.41, 5.74) is 0. The first-order chi connectivity index (χ1) is 37.0. The van der Waals surface area contributed by atoms with Crippen LogP contribution in [0.15, 0.2) is 12.2 Å². The smallest absolute Gasteiger partial charge is 0.306 e. The lowest BCUT2D eigenvalue weighted by molar-refractivity contribution is -0.332. The largest absolute Gasteiger partial charge is 0.462 e. The van der Waals surface area contributed by atoms with E-state index < -0.39 is 92.7 Å². The molecule has 2 rings (SSSR count). The summed E-state index contributed by atoms with van der Waals surface area (Å²) in [5.74, 6) is -0.912. The summed E-state index contributed by atoms with van der Waals surface area (Å²) in [4.78, 5) is 25.9. The van der Waals surface area contributed by atoms with Crippen LogP contribution in [0.1, 0.15) is 271 Å². The molecule has 4 unspecified atom stereocenters. The van der Waals surface area contributed by atoms with Crippen molar-refractivity contribution in [3.63, 3.8) is 0 Å². The fraction of sp³-hybridized carbons (Fsp3) is 0.934. The standard InChI is InChI=1S/C61H114O15/c1-3-5-7-9-11-13-15-17-19-21-22-23-24-25-26-28-29-31-33-35-37-39-41-43-52(63)71-46-49(74-53(64)44-42-40-38-36-34-32-30-27-20-18-16-14-12-10-8-6-4-2)47-72-60-59(70)57(68)55(66)51(76-60)48-73-61-58(69)56(67)54(65)50(45-62)75-61/h18,20,49-51,54-62,65-70H,3-17,19,21-48H2,1-2H3/b20-18+/t49-,50+,51+,54-,55-,56?,57?,58?,59?,60+,61+/m0/s1. The molecule has 448 valence electrons. The fourth-order valence-electron chi connectivity index (χ4n) is 10.2. The Morgan fingerprint density at radius 2 is 0.750 bits per heavy atom. The van der Waals surface area contributed by atoms with E-state index in [4.69, 9.17) is 28.4 Å². The van der Waals surface area contributed by atoms with Crippen LogP contribution in [-0.2, 0) is 38.0 Å². The molecule has 7 N–H and O–H groups in total. The van der Waals surface area contributed by atoms with Gasteiger partial charge in [-0.25, -0.2) is 0 Å². The van der Waals surface area contributed by atoms with Crippen LogP contribution < -0.4 is 0 Å². The van der Waals surface area contributed by atoms with Crippen LogP contribution in [-0.4, -0.2) is 142 Å². The number of esters is 2. The number of unbranched alkanes of at least 4 members (excludes halogenated alkanes) is 35. The number of ether oxygens (including phenoxy) is 6.